The van der Waals surface area contributed by atoms with Gasteiger partial charge in [0, 0.05) is 23.5 Å². The maximum absolute atomic E-state index is 13.9. The fourth-order valence-electron chi connectivity index (χ4n) is 2.93. The Labute approximate surface area is 154 Å². The van der Waals surface area contributed by atoms with Gasteiger partial charge in [-0.1, -0.05) is 0 Å². The van der Waals surface area contributed by atoms with Gasteiger partial charge in [0.05, 0.1) is 18.7 Å². The van der Waals surface area contributed by atoms with E-state index in [1.807, 2.05) is 26.0 Å². The first-order valence-electron chi connectivity index (χ1n) is 8.26. The molecule has 27 heavy (non-hydrogen) atoms. The number of aryl methyl sites for hydroxylation is 2. The number of aliphatic imine (C=N–C) groups is 1. The molecule has 0 amide bonds. The second-order valence-corrected chi connectivity index (χ2v) is 6.34. The lowest BCUT2D eigenvalue weighted by molar-refractivity contribution is 0.302. The van der Waals surface area contributed by atoms with Crippen LogP contribution >= 0.6 is 0 Å². The molecule has 1 atom stereocenters. The monoisotopic (exact) mass is 378 g/mol. The molecule has 6 nitrogen and oxygen atoms in total. The number of halogens is 3. The lowest BCUT2D eigenvalue weighted by atomic mass is 10.2. The molecule has 0 bridgehead atoms. The molecule has 1 aliphatic heterocycles. The number of aliphatic hydroxyl groups excluding tert-OH is 1. The fraction of sp³-hybridized carbons (Fsp3) is 0.278. The third-order valence-corrected chi connectivity index (χ3v) is 4.22. The number of nitrogens with zero attached hydrogens (tertiary/aromatic N) is 4. The van der Waals surface area contributed by atoms with Crippen molar-refractivity contribution in [2.45, 2.75) is 20.3 Å². The highest BCUT2D eigenvalue weighted by Crippen LogP contribution is 2.29. The summed E-state index contributed by atoms with van der Waals surface area (Å²) in [4.78, 5) is 8.65. The van der Waals surface area contributed by atoms with Crippen molar-refractivity contribution < 1.29 is 18.3 Å². The van der Waals surface area contributed by atoms with Crippen LogP contribution in [0.1, 0.15) is 17.8 Å². The maximum atomic E-state index is 13.9. The van der Waals surface area contributed by atoms with Crippen molar-refractivity contribution in [1.29, 1.82) is 0 Å². The molecular formula is C18H19F3N5O+. The highest BCUT2D eigenvalue weighted by atomic mass is 19.2. The SMILES string of the molecule is Cc1cc([N@+]2(C)N=C(Nc3ccc(F)c(F)c3F)N=C2CCO)cc(C)n1. The summed E-state index contributed by atoms with van der Waals surface area (Å²) in [6.45, 7) is 3.54. The van der Waals surface area contributed by atoms with Crippen molar-refractivity contribution in [2.75, 3.05) is 19.0 Å². The van der Waals surface area contributed by atoms with Crippen molar-refractivity contribution in [3.63, 3.8) is 0 Å². The number of hydrogen-bond acceptors (Lipinski definition) is 5. The zero-order chi connectivity index (χ0) is 19.8. The van der Waals surface area contributed by atoms with Gasteiger partial charge < -0.3 is 10.4 Å². The first kappa shape index (κ1) is 19.0. The Morgan fingerprint density at radius 2 is 1.74 bits per heavy atom. The maximum Gasteiger partial charge on any atom is 0.286 e. The van der Waals surface area contributed by atoms with Gasteiger partial charge in [-0.25, -0.2) is 13.2 Å². The molecule has 0 spiro atoms. The Morgan fingerprint density at radius 3 is 2.37 bits per heavy atom. The Kier molecular flexibility index (Phi) is 4.99. The molecule has 0 unspecified atom stereocenters. The minimum absolute atomic E-state index is 0.0259. The molecule has 2 heterocycles. The van der Waals surface area contributed by atoms with E-state index in [9.17, 15) is 18.3 Å². The number of hydrogen-bond donors (Lipinski definition) is 2. The standard InChI is InChI=1S/C18H19F3N5O/c1-10-8-12(9-11(2)22-10)26(3)15(6-7-27)24-18(25-26)23-14-5-4-13(19)16(20)17(14)21/h4-5,8-9,27H,6-7H2,1-3H3,(H,23,25)/q+1/t26-/m0/s1. The molecule has 2 N–H and O–H groups in total. The molecular weight excluding hydrogens is 359 g/mol. The number of nitrogens with one attached hydrogen (secondary N) is 1. The smallest absolute Gasteiger partial charge is 0.286 e. The minimum atomic E-state index is -1.57. The van der Waals surface area contributed by atoms with Gasteiger partial charge >= 0.3 is 0 Å². The van der Waals surface area contributed by atoms with E-state index in [0.717, 1.165) is 29.2 Å². The number of aliphatic hydroxyl groups is 1. The lowest BCUT2D eigenvalue weighted by Gasteiger charge is -2.24. The van der Waals surface area contributed by atoms with Gasteiger partial charge in [0.15, 0.2) is 23.1 Å². The van der Waals surface area contributed by atoms with E-state index < -0.39 is 17.5 Å². The summed E-state index contributed by atoms with van der Waals surface area (Å²) in [5, 5.41) is 16.4. The quantitative estimate of drug-likeness (QED) is 0.634. The molecule has 9 heteroatoms. The molecule has 0 saturated carbocycles. The number of guanidine groups is 1. The van der Waals surface area contributed by atoms with Crippen molar-refractivity contribution in [3.8, 4) is 0 Å². The molecule has 1 aliphatic rings. The fourth-order valence-corrected chi connectivity index (χ4v) is 2.93. The predicted octanol–water partition coefficient (Wildman–Crippen LogP) is 3.23. The van der Waals surface area contributed by atoms with E-state index in [-0.39, 0.29) is 29.3 Å². The zero-order valence-electron chi connectivity index (χ0n) is 15.1. The van der Waals surface area contributed by atoms with E-state index in [4.69, 9.17) is 0 Å². The Bertz CT molecular complexity index is 940. The number of anilines is 1. The summed E-state index contributed by atoms with van der Waals surface area (Å²) < 4.78 is 40.4. The van der Waals surface area contributed by atoms with Crippen LogP contribution in [0.5, 0.6) is 0 Å². The Morgan fingerprint density at radius 1 is 1.07 bits per heavy atom. The van der Waals surface area contributed by atoms with E-state index in [0.29, 0.717) is 5.84 Å². The molecule has 142 valence electrons. The summed E-state index contributed by atoms with van der Waals surface area (Å²) in [5.74, 6) is -3.67. The number of rotatable bonds is 4. The molecule has 0 saturated heterocycles. The van der Waals surface area contributed by atoms with E-state index in [2.05, 4.69) is 20.4 Å². The van der Waals surface area contributed by atoms with Gasteiger partial charge in [0.1, 0.15) is 7.05 Å². The van der Waals surface area contributed by atoms with Crippen LogP contribution in [0.4, 0.5) is 24.5 Å². The van der Waals surface area contributed by atoms with E-state index >= 15 is 0 Å². The minimum Gasteiger partial charge on any atom is -0.396 e. The third-order valence-electron chi connectivity index (χ3n) is 4.22. The topological polar surface area (TPSA) is 69.9 Å². The average molecular weight is 378 g/mol. The van der Waals surface area contributed by atoms with Crippen LogP contribution < -0.4 is 9.91 Å². The van der Waals surface area contributed by atoms with Crippen LogP contribution in [0.2, 0.25) is 0 Å². The van der Waals surface area contributed by atoms with Crippen LogP contribution in [-0.2, 0) is 0 Å². The van der Waals surface area contributed by atoms with Crippen LogP contribution in [-0.4, -0.2) is 35.5 Å². The molecule has 1 aromatic carbocycles. The Hall–Kier alpha value is -2.78. The Balaban J connectivity index is 2.02. The first-order chi connectivity index (χ1) is 12.7. The molecule has 1 aromatic heterocycles. The van der Waals surface area contributed by atoms with E-state index in [1.165, 1.54) is 0 Å². The van der Waals surface area contributed by atoms with Crippen LogP contribution in [0.15, 0.2) is 34.4 Å². The van der Waals surface area contributed by atoms with Gasteiger partial charge in [-0.05, 0) is 31.1 Å². The first-order valence-corrected chi connectivity index (χ1v) is 8.26. The summed E-state index contributed by atoms with van der Waals surface area (Å²) in [5.41, 5.74) is 2.05. The normalized spacial score (nSPS) is 19.1. The molecule has 0 radical (unpaired) electrons. The number of benzene rings is 1. The molecule has 0 aliphatic carbocycles. The van der Waals surface area contributed by atoms with Crippen LogP contribution in [0.25, 0.3) is 0 Å². The third kappa shape index (κ3) is 3.56. The van der Waals surface area contributed by atoms with Gasteiger partial charge in [0.25, 0.3) is 5.96 Å². The van der Waals surface area contributed by atoms with Crippen molar-refractivity contribution >= 4 is 23.2 Å². The molecule has 0 fully saturated rings. The van der Waals surface area contributed by atoms with Crippen molar-refractivity contribution in [1.82, 2.24) is 9.58 Å². The summed E-state index contributed by atoms with van der Waals surface area (Å²) >= 11 is 0. The second kappa shape index (κ2) is 7.09. The van der Waals surface area contributed by atoms with Gasteiger partial charge in [-0.3, -0.25) is 4.98 Å². The van der Waals surface area contributed by atoms with Gasteiger partial charge in [-0.15, -0.1) is 4.59 Å². The summed E-state index contributed by atoms with van der Waals surface area (Å²) in [7, 11) is 1.76. The highest BCUT2D eigenvalue weighted by molar-refractivity contribution is 6.10. The largest absolute Gasteiger partial charge is 0.396 e. The number of pyridine rings is 1. The van der Waals surface area contributed by atoms with E-state index in [1.54, 1.807) is 7.05 Å². The number of amidine groups is 1. The second-order valence-electron chi connectivity index (χ2n) is 6.34. The summed E-state index contributed by atoms with van der Waals surface area (Å²) in [6, 6.07) is 5.56. The van der Waals surface area contributed by atoms with Crippen LogP contribution in [0, 0.1) is 31.3 Å². The van der Waals surface area contributed by atoms with Crippen LogP contribution in [0.3, 0.4) is 0 Å². The average Bonchev–Trinajstić information content (AvgIpc) is 2.92. The number of aromatic nitrogens is 1. The van der Waals surface area contributed by atoms with Crippen molar-refractivity contribution in [2.24, 2.45) is 10.1 Å². The van der Waals surface area contributed by atoms with Crippen molar-refractivity contribution in [3.05, 3.63) is 53.1 Å². The van der Waals surface area contributed by atoms with Gasteiger partial charge in [0.2, 0.25) is 5.84 Å². The lowest BCUT2D eigenvalue weighted by Crippen LogP contribution is -2.44. The molecule has 2 aromatic rings. The highest BCUT2D eigenvalue weighted by Gasteiger charge is 2.39. The summed E-state index contributed by atoms with van der Waals surface area (Å²) in [6.07, 6.45) is 0.228. The van der Waals surface area contributed by atoms with Gasteiger partial charge in [-0.2, -0.15) is 4.99 Å². The molecule has 3 rings (SSSR count). The number of quaternary nitrogens is 1. The zero-order valence-corrected chi connectivity index (χ0v) is 15.1. The predicted molar refractivity (Wildman–Crippen MR) is 97.9 cm³/mol.